The Kier molecular flexibility index (Phi) is 4.25. The Bertz CT molecular complexity index is 732. The minimum Gasteiger partial charge on any atom is -0.489 e. The van der Waals surface area contributed by atoms with Crippen molar-refractivity contribution in [3.63, 3.8) is 0 Å². The fourth-order valence-corrected chi connectivity index (χ4v) is 1.73. The Morgan fingerprint density at radius 2 is 1.83 bits per heavy atom. The van der Waals surface area contributed by atoms with E-state index >= 15 is 0 Å². The maximum atomic E-state index is 12.5. The highest BCUT2D eigenvalue weighted by atomic mass is 19.4. The van der Waals surface area contributed by atoms with E-state index in [1.54, 1.807) is 0 Å². The first-order valence-electron chi connectivity index (χ1n) is 6.02. The van der Waals surface area contributed by atoms with Gasteiger partial charge in [0.1, 0.15) is 0 Å². The predicted molar refractivity (Wildman–Crippen MR) is 72.1 cm³/mol. The molecule has 0 atom stereocenters. The maximum absolute atomic E-state index is 12.5. The van der Waals surface area contributed by atoms with Crippen molar-refractivity contribution in [1.82, 2.24) is 9.97 Å². The zero-order valence-electron chi connectivity index (χ0n) is 11.6. The molecule has 0 aliphatic rings. The van der Waals surface area contributed by atoms with E-state index in [9.17, 15) is 18.0 Å². The number of benzene rings is 1. The second kappa shape index (κ2) is 5.99. The van der Waals surface area contributed by atoms with Crippen LogP contribution in [0, 0.1) is 0 Å². The number of alkyl halides is 3. The number of anilines is 1. The third-order valence-electron chi connectivity index (χ3n) is 2.72. The number of nitrogen functional groups attached to an aromatic ring is 1. The molecule has 0 amide bonds. The van der Waals surface area contributed by atoms with Crippen LogP contribution in [-0.4, -0.2) is 28.3 Å². The van der Waals surface area contributed by atoms with Gasteiger partial charge in [-0.25, -0.2) is 9.78 Å². The van der Waals surface area contributed by atoms with E-state index in [0.29, 0.717) is 0 Å². The Morgan fingerprint density at radius 3 is 2.30 bits per heavy atom. The van der Waals surface area contributed by atoms with Crippen molar-refractivity contribution in [2.75, 3.05) is 12.8 Å². The van der Waals surface area contributed by atoms with Gasteiger partial charge in [-0.3, -0.25) is 0 Å². The molecule has 3 N–H and O–H groups in total. The average Bonchev–Trinajstić information content (AvgIpc) is 2.45. The summed E-state index contributed by atoms with van der Waals surface area (Å²) in [6, 6.07) is 3.96. The molecule has 0 saturated heterocycles. The summed E-state index contributed by atoms with van der Waals surface area (Å²) in [5.74, 6) is -0.965. The zero-order valence-corrected chi connectivity index (χ0v) is 11.6. The van der Waals surface area contributed by atoms with Crippen LogP contribution in [0.5, 0.6) is 11.6 Å². The third kappa shape index (κ3) is 3.59. The Morgan fingerprint density at radius 1 is 1.22 bits per heavy atom. The molecule has 0 saturated carbocycles. The van der Waals surface area contributed by atoms with Gasteiger partial charge in [0.2, 0.25) is 5.75 Å². The third-order valence-corrected chi connectivity index (χ3v) is 2.72. The lowest BCUT2D eigenvalue weighted by Crippen LogP contribution is -2.09. The van der Waals surface area contributed by atoms with Gasteiger partial charge < -0.3 is 20.3 Å². The molecule has 10 heteroatoms. The number of hydrogen-bond acceptors (Lipinski definition) is 6. The number of rotatable bonds is 3. The highest BCUT2D eigenvalue weighted by molar-refractivity contribution is 5.67. The van der Waals surface area contributed by atoms with E-state index in [1.165, 1.54) is 7.11 Å². The van der Waals surface area contributed by atoms with Gasteiger partial charge in [-0.2, -0.15) is 18.2 Å². The molecule has 2 aromatic rings. The largest absolute Gasteiger partial charge is 0.512 e. The molecule has 23 heavy (non-hydrogen) atoms. The quantitative estimate of drug-likeness (QED) is 0.834. The summed E-state index contributed by atoms with van der Waals surface area (Å²) in [5.41, 5.74) is 4.97. The van der Waals surface area contributed by atoms with Gasteiger partial charge in [0, 0.05) is 5.56 Å². The van der Waals surface area contributed by atoms with Crippen LogP contribution in [0.15, 0.2) is 24.3 Å². The van der Waals surface area contributed by atoms with Gasteiger partial charge in [-0.1, -0.05) is 12.1 Å². The lowest BCUT2D eigenvalue weighted by molar-refractivity contribution is -0.137. The van der Waals surface area contributed by atoms with Crippen LogP contribution >= 0.6 is 0 Å². The number of carbonyl (C=O) groups is 1. The molecule has 1 heterocycles. The predicted octanol–water partition coefficient (Wildman–Crippen LogP) is 2.81. The molecule has 7 nitrogen and oxygen atoms in total. The van der Waals surface area contributed by atoms with Gasteiger partial charge in [-0.15, -0.1) is 0 Å². The molecule has 0 spiro atoms. The van der Waals surface area contributed by atoms with Gasteiger partial charge in [0.15, 0.2) is 11.6 Å². The van der Waals surface area contributed by atoms with E-state index < -0.39 is 23.8 Å². The SMILES string of the molecule is COc1c(N)nc(-c2ccc(C(F)(F)F)cc2)nc1OC(=O)O. The number of nitrogens with zero attached hydrogens (tertiary/aromatic N) is 2. The van der Waals surface area contributed by atoms with Crippen LogP contribution < -0.4 is 15.2 Å². The first-order chi connectivity index (χ1) is 10.7. The highest BCUT2D eigenvalue weighted by Crippen LogP contribution is 2.34. The van der Waals surface area contributed by atoms with Crippen molar-refractivity contribution in [2.45, 2.75) is 6.18 Å². The number of aromatic nitrogens is 2. The number of halogens is 3. The highest BCUT2D eigenvalue weighted by Gasteiger charge is 2.30. The van der Waals surface area contributed by atoms with E-state index in [1.807, 2.05) is 0 Å². The minimum absolute atomic E-state index is 0.103. The monoisotopic (exact) mass is 329 g/mol. The summed E-state index contributed by atoms with van der Waals surface area (Å²) in [6.07, 6.45) is -6.13. The average molecular weight is 329 g/mol. The van der Waals surface area contributed by atoms with Crippen LogP contribution in [0.2, 0.25) is 0 Å². The van der Waals surface area contributed by atoms with Crippen LogP contribution in [0.3, 0.4) is 0 Å². The van der Waals surface area contributed by atoms with E-state index in [4.69, 9.17) is 15.6 Å². The second-order valence-corrected chi connectivity index (χ2v) is 4.21. The van der Waals surface area contributed by atoms with Crippen molar-refractivity contribution >= 4 is 12.0 Å². The molecule has 0 unspecified atom stereocenters. The smallest absolute Gasteiger partial charge is 0.489 e. The van der Waals surface area contributed by atoms with E-state index in [0.717, 1.165) is 24.3 Å². The molecular weight excluding hydrogens is 319 g/mol. The Balaban J connectivity index is 2.47. The summed E-state index contributed by atoms with van der Waals surface area (Å²) in [7, 11) is 1.21. The molecule has 0 radical (unpaired) electrons. The maximum Gasteiger partial charge on any atom is 0.512 e. The summed E-state index contributed by atoms with van der Waals surface area (Å²) < 4.78 is 46.9. The van der Waals surface area contributed by atoms with Gasteiger partial charge >= 0.3 is 12.3 Å². The summed E-state index contributed by atoms with van der Waals surface area (Å²) >= 11 is 0. The number of hydrogen-bond donors (Lipinski definition) is 2. The summed E-state index contributed by atoms with van der Waals surface area (Å²) in [6.45, 7) is 0. The molecule has 0 fully saturated rings. The molecule has 1 aromatic heterocycles. The van der Waals surface area contributed by atoms with E-state index in [-0.39, 0.29) is 23.0 Å². The molecular formula is C13H10F3N3O4. The molecule has 0 aliphatic heterocycles. The van der Waals surface area contributed by atoms with Crippen molar-refractivity contribution in [1.29, 1.82) is 0 Å². The fraction of sp³-hybridized carbons (Fsp3) is 0.154. The Hall–Kier alpha value is -3.04. The topological polar surface area (TPSA) is 108 Å². The van der Waals surface area contributed by atoms with Crippen LogP contribution in [0.4, 0.5) is 23.8 Å². The molecule has 2 rings (SSSR count). The molecule has 122 valence electrons. The van der Waals surface area contributed by atoms with Crippen molar-refractivity contribution < 1.29 is 32.5 Å². The first-order valence-corrected chi connectivity index (χ1v) is 6.02. The minimum atomic E-state index is -4.48. The normalized spacial score (nSPS) is 11.1. The van der Waals surface area contributed by atoms with Crippen LogP contribution in [0.1, 0.15) is 5.56 Å². The van der Waals surface area contributed by atoms with Crippen molar-refractivity contribution in [3.05, 3.63) is 29.8 Å². The zero-order chi connectivity index (χ0) is 17.2. The second-order valence-electron chi connectivity index (χ2n) is 4.21. The number of nitrogens with two attached hydrogens (primary N) is 1. The van der Waals surface area contributed by atoms with Gasteiger partial charge in [-0.05, 0) is 12.1 Å². The van der Waals surface area contributed by atoms with Crippen LogP contribution in [-0.2, 0) is 6.18 Å². The van der Waals surface area contributed by atoms with Crippen molar-refractivity contribution in [2.24, 2.45) is 0 Å². The first kappa shape index (κ1) is 16.3. The summed E-state index contributed by atoms with van der Waals surface area (Å²) in [4.78, 5) is 18.3. The molecule has 0 bridgehead atoms. The Labute approximate surface area is 127 Å². The number of ether oxygens (including phenoxy) is 2. The lowest BCUT2D eigenvalue weighted by Gasteiger charge is -2.11. The van der Waals surface area contributed by atoms with Gasteiger partial charge in [0.05, 0.1) is 12.7 Å². The van der Waals surface area contributed by atoms with E-state index in [2.05, 4.69) is 14.7 Å². The van der Waals surface area contributed by atoms with Gasteiger partial charge in [0.25, 0.3) is 5.88 Å². The number of methoxy groups -OCH3 is 1. The fourth-order valence-electron chi connectivity index (χ4n) is 1.73. The van der Waals surface area contributed by atoms with Crippen LogP contribution in [0.25, 0.3) is 11.4 Å². The van der Waals surface area contributed by atoms with Crippen molar-refractivity contribution in [3.8, 4) is 23.0 Å². The summed E-state index contributed by atoms with van der Waals surface area (Å²) in [5, 5.41) is 8.66. The lowest BCUT2D eigenvalue weighted by atomic mass is 10.1. The molecule has 1 aromatic carbocycles. The molecule has 0 aliphatic carbocycles. The number of carboxylic acid groups (broad SMARTS) is 1. The standard InChI is InChI=1S/C13H10F3N3O4/c1-22-8-9(17)18-10(19-11(8)23-12(20)21)6-2-4-7(5-3-6)13(14,15)16/h2-5H,1H3,(H,20,21)(H2,17,18,19).